The number of hydrogen-bond donors (Lipinski definition) is 2. The standard InChI is InChI=1S/C13H21BrN2O/c1-9(2)13(17-3)12(16-15)8-10-5-4-6-11(14)7-10/h4-7,9,12-13,16H,8,15H2,1-3H3. The first-order valence-corrected chi connectivity index (χ1v) is 6.61. The lowest BCUT2D eigenvalue weighted by molar-refractivity contribution is 0.0332. The van der Waals surface area contributed by atoms with E-state index in [1.54, 1.807) is 7.11 Å². The number of halogens is 1. The number of hydrazine groups is 1. The van der Waals surface area contributed by atoms with Crippen LogP contribution in [0.15, 0.2) is 28.7 Å². The van der Waals surface area contributed by atoms with Crippen LogP contribution < -0.4 is 11.3 Å². The van der Waals surface area contributed by atoms with Crippen molar-refractivity contribution in [3.63, 3.8) is 0 Å². The molecule has 3 N–H and O–H groups in total. The third-order valence-electron chi connectivity index (χ3n) is 2.88. The highest BCUT2D eigenvalue weighted by atomic mass is 79.9. The van der Waals surface area contributed by atoms with Crippen molar-refractivity contribution in [3.8, 4) is 0 Å². The predicted octanol–water partition coefficient (Wildman–Crippen LogP) is 2.49. The maximum Gasteiger partial charge on any atom is 0.0763 e. The molecule has 17 heavy (non-hydrogen) atoms. The van der Waals surface area contributed by atoms with Gasteiger partial charge in [-0.2, -0.15) is 0 Å². The minimum absolute atomic E-state index is 0.110. The Kier molecular flexibility index (Phi) is 6.12. The lowest BCUT2D eigenvalue weighted by atomic mass is 9.94. The van der Waals surface area contributed by atoms with Crippen LogP contribution in [-0.2, 0) is 11.2 Å². The maximum absolute atomic E-state index is 5.63. The van der Waals surface area contributed by atoms with Crippen molar-refractivity contribution < 1.29 is 4.74 Å². The van der Waals surface area contributed by atoms with Crippen LogP contribution in [0.5, 0.6) is 0 Å². The third-order valence-corrected chi connectivity index (χ3v) is 3.38. The normalized spacial score (nSPS) is 14.9. The first-order chi connectivity index (χ1) is 8.08. The van der Waals surface area contributed by atoms with E-state index in [0.29, 0.717) is 5.92 Å². The second-order valence-corrected chi connectivity index (χ2v) is 5.47. The van der Waals surface area contributed by atoms with Gasteiger partial charge < -0.3 is 4.74 Å². The fourth-order valence-electron chi connectivity index (χ4n) is 2.09. The lowest BCUT2D eigenvalue weighted by Crippen LogP contribution is -2.48. The molecule has 0 heterocycles. The second-order valence-electron chi connectivity index (χ2n) is 4.55. The fourth-order valence-corrected chi connectivity index (χ4v) is 2.54. The molecule has 1 rings (SSSR count). The van der Waals surface area contributed by atoms with Gasteiger partial charge in [-0.3, -0.25) is 11.3 Å². The molecule has 0 spiro atoms. The van der Waals surface area contributed by atoms with Gasteiger partial charge in [0.2, 0.25) is 0 Å². The fraction of sp³-hybridized carbons (Fsp3) is 0.538. The number of nitrogens with two attached hydrogens (primary N) is 1. The SMILES string of the molecule is COC(C(C)C)C(Cc1cccc(Br)c1)NN. The minimum Gasteiger partial charge on any atom is -0.380 e. The molecule has 0 bridgehead atoms. The molecule has 0 radical (unpaired) electrons. The summed E-state index contributed by atoms with van der Waals surface area (Å²) in [6, 6.07) is 8.38. The average Bonchev–Trinajstić information content (AvgIpc) is 2.28. The molecule has 0 saturated heterocycles. The molecule has 0 aliphatic heterocycles. The van der Waals surface area contributed by atoms with Crippen LogP contribution in [0.25, 0.3) is 0 Å². The Morgan fingerprint density at radius 2 is 2.12 bits per heavy atom. The highest BCUT2D eigenvalue weighted by Gasteiger charge is 2.23. The molecule has 3 nitrogen and oxygen atoms in total. The van der Waals surface area contributed by atoms with Crippen molar-refractivity contribution in [2.24, 2.45) is 11.8 Å². The number of ether oxygens (including phenoxy) is 1. The molecule has 0 aliphatic rings. The zero-order valence-corrected chi connectivity index (χ0v) is 12.2. The second kappa shape index (κ2) is 7.11. The molecule has 2 atom stereocenters. The van der Waals surface area contributed by atoms with Gasteiger partial charge in [-0.15, -0.1) is 0 Å². The molecule has 0 fully saturated rings. The van der Waals surface area contributed by atoms with Gasteiger partial charge in [-0.25, -0.2) is 0 Å². The molecule has 0 aliphatic carbocycles. The summed E-state index contributed by atoms with van der Waals surface area (Å²) in [6.07, 6.45) is 0.964. The Bertz CT molecular complexity index is 344. The monoisotopic (exact) mass is 300 g/mol. The molecule has 0 aromatic heterocycles. The van der Waals surface area contributed by atoms with Gasteiger partial charge >= 0.3 is 0 Å². The lowest BCUT2D eigenvalue weighted by Gasteiger charge is -2.28. The first-order valence-electron chi connectivity index (χ1n) is 5.81. The maximum atomic E-state index is 5.63. The van der Waals surface area contributed by atoms with Crippen LogP contribution in [0.1, 0.15) is 19.4 Å². The average molecular weight is 301 g/mol. The van der Waals surface area contributed by atoms with Gasteiger partial charge in [0, 0.05) is 11.6 Å². The number of methoxy groups -OCH3 is 1. The van der Waals surface area contributed by atoms with Crippen LogP contribution >= 0.6 is 15.9 Å². The molecule has 96 valence electrons. The summed E-state index contributed by atoms with van der Waals surface area (Å²) < 4.78 is 6.60. The van der Waals surface area contributed by atoms with Crippen LogP contribution in [0, 0.1) is 5.92 Å². The van der Waals surface area contributed by atoms with Gasteiger partial charge in [0.15, 0.2) is 0 Å². The zero-order valence-electron chi connectivity index (χ0n) is 10.6. The van der Waals surface area contributed by atoms with E-state index in [1.807, 2.05) is 12.1 Å². The van der Waals surface area contributed by atoms with E-state index < -0.39 is 0 Å². The van der Waals surface area contributed by atoms with Crippen LogP contribution in [0.3, 0.4) is 0 Å². The van der Waals surface area contributed by atoms with E-state index in [9.17, 15) is 0 Å². The van der Waals surface area contributed by atoms with E-state index in [1.165, 1.54) is 5.56 Å². The van der Waals surface area contributed by atoms with Gasteiger partial charge in [-0.05, 0) is 30.0 Å². The number of nitrogens with one attached hydrogen (secondary N) is 1. The van der Waals surface area contributed by atoms with Gasteiger partial charge in [0.1, 0.15) is 0 Å². The van der Waals surface area contributed by atoms with Crippen molar-refractivity contribution >= 4 is 15.9 Å². The van der Waals surface area contributed by atoms with E-state index in [2.05, 4.69) is 47.3 Å². The summed E-state index contributed by atoms with van der Waals surface area (Å²) in [5.41, 5.74) is 4.10. The van der Waals surface area contributed by atoms with Crippen molar-refractivity contribution in [1.29, 1.82) is 0 Å². The summed E-state index contributed by atoms with van der Waals surface area (Å²) in [5, 5.41) is 0. The Hall–Kier alpha value is -0.420. The van der Waals surface area contributed by atoms with Gasteiger partial charge in [0.05, 0.1) is 12.1 Å². The Balaban J connectivity index is 2.75. The smallest absolute Gasteiger partial charge is 0.0763 e. The minimum atomic E-state index is 0.110. The number of rotatable bonds is 6. The summed E-state index contributed by atoms with van der Waals surface area (Å²) >= 11 is 3.47. The third kappa shape index (κ3) is 4.39. The molecule has 4 heteroatoms. The molecule has 2 unspecified atom stereocenters. The molecule has 1 aromatic carbocycles. The van der Waals surface area contributed by atoms with Crippen LogP contribution in [-0.4, -0.2) is 19.3 Å². The molecule has 0 saturated carbocycles. The first kappa shape index (κ1) is 14.6. The Morgan fingerprint density at radius 3 is 2.59 bits per heavy atom. The van der Waals surface area contributed by atoms with Crippen molar-refractivity contribution in [3.05, 3.63) is 34.3 Å². The summed E-state index contributed by atoms with van der Waals surface area (Å²) in [6.45, 7) is 4.28. The molecule has 0 amide bonds. The highest BCUT2D eigenvalue weighted by Crippen LogP contribution is 2.17. The summed E-state index contributed by atoms with van der Waals surface area (Å²) in [4.78, 5) is 0. The predicted molar refractivity (Wildman–Crippen MR) is 74.6 cm³/mol. The van der Waals surface area contributed by atoms with Gasteiger partial charge in [-0.1, -0.05) is 41.9 Å². The quantitative estimate of drug-likeness (QED) is 0.627. The summed E-state index contributed by atoms with van der Waals surface area (Å²) in [7, 11) is 1.73. The topological polar surface area (TPSA) is 47.3 Å². The van der Waals surface area contributed by atoms with Gasteiger partial charge in [0.25, 0.3) is 0 Å². The van der Waals surface area contributed by atoms with E-state index in [-0.39, 0.29) is 12.1 Å². The van der Waals surface area contributed by atoms with Crippen molar-refractivity contribution in [2.45, 2.75) is 32.4 Å². The number of hydrogen-bond acceptors (Lipinski definition) is 3. The Labute approximate surface area is 112 Å². The van der Waals surface area contributed by atoms with E-state index >= 15 is 0 Å². The largest absolute Gasteiger partial charge is 0.380 e. The van der Waals surface area contributed by atoms with Crippen LogP contribution in [0.2, 0.25) is 0 Å². The van der Waals surface area contributed by atoms with E-state index in [0.717, 1.165) is 10.9 Å². The highest BCUT2D eigenvalue weighted by molar-refractivity contribution is 9.10. The van der Waals surface area contributed by atoms with Crippen molar-refractivity contribution in [1.82, 2.24) is 5.43 Å². The van der Waals surface area contributed by atoms with Crippen LogP contribution in [0.4, 0.5) is 0 Å². The van der Waals surface area contributed by atoms with E-state index in [4.69, 9.17) is 10.6 Å². The molecular formula is C13H21BrN2O. The molecular weight excluding hydrogens is 280 g/mol. The Morgan fingerprint density at radius 1 is 1.41 bits per heavy atom. The molecule has 1 aromatic rings. The number of benzene rings is 1. The zero-order chi connectivity index (χ0) is 12.8. The van der Waals surface area contributed by atoms with Crippen molar-refractivity contribution in [2.75, 3.05) is 7.11 Å². The summed E-state index contributed by atoms with van der Waals surface area (Å²) in [5.74, 6) is 6.06.